The van der Waals surface area contributed by atoms with Gasteiger partial charge in [0.15, 0.2) is 5.82 Å². The van der Waals surface area contributed by atoms with Crippen molar-refractivity contribution in [2.24, 2.45) is 0 Å². The summed E-state index contributed by atoms with van der Waals surface area (Å²) in [5.74, 6) is -1.93. The Morgan fingerprint density at radius 1 is 1.36 bits per heavy atom. The van der Waals surface area contributed by atoms with Crippen LogP contribution in [0.4, 0.5) is 20.8 Å². The van der Waals surface area contributed by atoms with Gasteiger partial charge in [-0.05, 0) is 38.8 Å². The van der Waals surface area contributed by atoms with Gasteiger partial charge in [-0.1, -0.05) is 11.6 Å². The molecule has 3 aromatic rings. The average Bonchev–Trinajstić information content (AvgIpc) is 3.35. The largest absolute Gasteiger partial charge is 0.453 e. The summed E-state index contributed by atoms with van der Waals surface area (Å²) in [7, 11) is -3.15. The third-order valence-electron chi connectivity index (χ3n) is 4.24. The molecule has 14 heteroatoms. The van der Waals surface area contributed by atoms with Gasteiger partial charge in [-0.15, -0.1) is 0 Å². The summed E-state index contributed by atoms with van der Waals surface area (Å²) in [6.07, 6.45) is 1.20. The molecule has 2 heterocycles. The number of hydrogen-bond donors (Lipinski definition) is 3. The number of methoxy groups -OCH3 is 1. The van der Waals surface area contributed by atoms with Crippen molar-refractivity contribution >= 4 is 39.4 Å². The molecule has 11 nitrogen and oxygen atoms in total. The minimum absolute atomic E-state index is 0.237. The monoisotopic (exact) mass is 551 g/mol. The first kappa shape index (κ1) is 15.0. The van der Waals surface area contributed by atoms with Crippen molar-refractivity contribution in [1.82, 2.24) is 25.1 Å². The quantitative estimate of drug-likeness (QED) is 0.363. The zero-order chi connectivity index (χ0) is 36.8. The van der Waals surface area contributed by atoms with Gasteiger partial charge in [0.2, 0.25) is 16.0 Å². The molecule has 0 saturated heterocycles. The van der Waals surface area contributed by atoms with E-state index in [0.29, 0.717) is 0 Å². The van der Waals surface area contributed by atoms with Crippen LogP contribution < -0.4 is 15.4 Å². The summed E-state index contributed by atoms with van der Waals surface area (Å²) in [4.78, 5) is 19.7. The Balaban J connectivity index is 2.33. The highest BCUT2D eigenvalue weighted by Gasteiger charge is 2.22. The van der Waals surface area contributed by atoms with Gasteiger partial charge in [-0.2, -0.15) is 5.10 Å². The van der Waals surface area contributed by atoms with Gasteiger partial charge >= 0.3 is 6.09 Å². The summed E-state index contributed by atoms with van der Waals surface area (Å²) in [6, 6.07) is -2.72. The van der Waals surface area contributed by atoms with Gasteiger partial charge in [0, 0.05) is 59.4 Å². The summed E-state index contributed by atoms with van der Waals surface area (Å²) in [6.45, 7) is -13.3. The molecule has 0 spiro atoms. The van der Waals surface area contributed by atoms with Gasteiger partial charge in [0.25, 0.3) is 0 Å². The molecule has 1 atom stereocenters. The molecule has 0 aliphatic heterocycles. The van der Waals surface area contributed by atoms with E-state index in [1.165, 1.54) is 0 Å². The minimum atomic E-state index is -4.08. The van der Waals surface area contributed by atoms with Gasteiger partial charge < -0.3 is 15.4 Å². The summed E-state index contributed by atoms with van der Waals surface area (Å²) in [5, 5.41) is 7.69. The zero-order valence-electron chi connectivity index (χ0n) is 30.6. The Kier molecular flexibility index (Phi) is 4.60. The van der Waals surface area contributed by atoms with Gasteiger partial charge in [-0.3, -0.25) is 9.40 Å². The fourth-order valence-electron chi connectivity index (χ4n) is 2.83. The number of hydrogen-bond acceptors (Lipinski definition) is 8. The van der Waals surface area contributed by atoms with Crippen LogP contribution in [0.3, 0.4) is 0 Å². The number of alkyl carbamates (subject to hydrolysis) is 1. The van der Waals surface area contributed by atoms with Crippen molar-refractivity contribution in [3.8, 4) is 22.5 Å². The van der Waals surface area contributed by atoms with Gasteiger partial charge in [0.1, 0.15) is 5.69 Å². The van der Waals surface area contributed by atoms with E-state index in [2.05, 4.69) is 25.1 Å². The Bertz CT molecular complexity index is 1790. The molecular formula is C22H27ClFN7O4S. The molecule has 0 radical (unpaired) electrons. The van der Waals surface area contributed by atoms with Crippen LogP contribution in [0.1, 0.15) is 43.0 Å². The fourth-order valence-corrected chi connectivity index (χ4v) is 3.60. The topological polar surface area (TPSA) is 140 Å². The van der Waals surface area contributed by atoms with E-state index in [9.17, 15) is 13.2 Å². The number of nitrogens with one attached hydrogen (secondary N) is 3. The lowest BCUT2D eigenvalue weighted by atomic mass is 10.0. The molecule has 0 unspecified atom stereocenters. The van der Waals surface area contributed by atoms with Gasteiger partial charge in [-0.25, -0.2) is 27.6 Å². The Morgan fingerprint density at radius 2 is 2.14 bits per heavy atom. The summed E-state index contributed by atoms with van der Waals surface area (Å²) < 4.78 is 142. The molecule has 3 N–H and O–H groups in total. The number of carbonyl (C=O) groups is 1. The SMILES string of the molecule is [2H]C([2H])([2H])[C@H](NC(=O)OC)C([2H])([2H])Nc1nccc(-c2cn(C([2H])(C([2H])([2H])[2H])C([2H])([2H])[2H])nc2-c2cc(Cl)cc(NS(C)(=O)=O)c2F)n1. The average molecular weight is 552 g/mol. The Morgan fingerprint density at radius 3 is 2.81 bits per heavy atom. The van der Waals surface area contributed by atoms with Crippen LogP contribution in [0.15, 0.2) is 30.6 Å². The molecule has 2 aromatic heterocycles. The van der Waals surface area contributed by atoms with Crippen LogP contribution >= 0.6 is 11.6 Å². The number of carbonyl (C=O) groups excluding carboxylic acids is 1. The Hall–Kier alpha value is -3.45. The lowest BCUT2D eigenvalue weighted by Crippen LogP contribution is -2.37. The van der Waals surface area contributed by atoms with Crippen molar-refractivity contribution in [3.63, 3.8) is 0 Å². The third-order valence-corrected chi connectivity index (χ3v) is 5.05. The molecule has 36 heavy (non-hydrogen) atoms. The molecule has 0 saturated carbocycles. The van der Waals surface area contributed by atoms with Crippen molar-refractivity contribution in [2.75, 3.05) is 29.9 Å². The summed E-state index contributed by atoms with van der Waals surface area (Å²) >= 11 is 6.14. The molecule has 1 amide bonds. The second-order valence-electron chi connectivity index (χ2n) is 6.98. The normalized spacial score (nSPS) is 19.0. The maximum atomic E-state index is 15.9. The molecule has 0 aliphatic rings. The van der Waals surface area contributed by atoms with Crippen molar-refractivity contribution in [3.05, 3.63) is 41.4 Å². The number of amides is 1. The summed E-state index contributed by atoms with van der Waals surface area (Å²) in [5.41, 5.74) is -2.56. The van der Waals surface area contributed by atoms with E-state index in [4.69, 9.17) is 28.1 Å². The van der Waals surface area contributed by atoms with E-state index in [1.54, 1.807) is 0 Å². The number of nitrogens with zero attached hydrogens (tertiary/aromatic N) is 4. The van der Waals surface area contributed by atoms with E-state index in [0.717, 1.165) is 44.0 Å². The predicted molar refractivity (Wildman–Crippen MR) is 136 cm³/mol. The second kappa shape index (κ2) is 11.1. The first-order valence-corrected chi connectivity index (χ1v) is 11.9. The van der Waals surface area contributed by atoms with Crippen LogP contribution in [0.25, 0.3) is 22.5 Å². The van der Waals surface area contributed by atoms with Gasteiger partial charge in [0.05, 0.1) is 28.9 Å². The third kappa shape index (κ3) is 6.82. The van der Waals surface area contributed by atoms with Crippen LogP contribution in [0.5, 0.6) is 0 Å². The van der Waals surface area contributed by atoms with Crippen LogP contribution in [-0.2, 0) is 14.8 Å². The lowest BCUT2D eigenvalue weighted by molar-refractivity contribution is 0.168. The standard InChI is InChI=1S/C22H27ClFN7O4S/c1-12(2)31-11-16(17-6-7-25-21(28-17)26-10-13(3)27-22(32)35-4)20(29-31)15-8-14(23)9-18(19(15)24)30-36(5,33)34/h6-9,11-13,30H,10H2,1-5H3,(H,27,32)(H,25,26,28)/t13-/m0/s1/i1D3,2D3,3D3,10D2,12D. The van der Waals surface area contributed by atoms with Crippen molar-refractivity contribution < 1.29 is 38.8 Å². The second-order valence-corrected chi connectivity index (χ2v) is 9.16. The predicted octanol–water partition coefficient (Wildman–Crippen LogP) is 3.91. The smallest absolute Gasteiger partial charge is 0.407 e. The minimum Gasteiger partial charge on any atom is -0.453 e. The molecular weight excluding hydrogens is 513 g/mol. The van der Waals surface area contributed by atoms with E-state index in [1.807, 2.05) is 10.0 Å². The highest BCUT2D eigenvalue weighted by atomic mass is 35.5. The van der Waals surface area contributed by atoms with Crippen LogP contribution in [0.2, 0.25) is 5.02 Å². The molecule has 0 fully saturated rings. The maximum Gasteiger partial charge on any atom is 0.407 e. The number of rotatable bonds is 9. The fraction of sp³-hybridized carbons (Fsp3) is 0.364. The highest BCUT2D eigenvalue weighted by Crippen LogP contribution is 2.37. The van der Waals surface area contributed by atoms with Crippen LogP contribution in [-0.4, -0.2) is 60.2 Å². The zero-order valence-corrected chi connectivity index (χ0v) is 20.1. The number of sulfonamides is 1. The number of benzene rings is 1. The molecule has 0 bridgehead atoms. The molecule has 0 aliphatic carbocycles. The van der Waals surface area contributed by atoms with E-state index < -0.39 is 83.9 Å². The first-order chi connectivity index (χ1) is 21.6. The van der Waals surface area contributed by atoms with Crippen molar-refractivity contribution in [1.29, 1.82) is 0 Å². The van der Waals surface area contributed by atoms with E-state index in [-0.39, 0.29) is 21.0 Å². The number of ether oxygens (including phenoxy) is 1. The molecule has 194 valence electrons. The maximum absolute atomic E-state index is 15.9. The number of anilines is 2. The number of aromatic nitrogens is 4. The highest BCUT2D eigenvalue weighted by molar-refractivity contribution is 7.92. The molecule has 1 aromatic carbocycles. The lowest BCUT2D eigenvalue weighted by Gasteiger charge is -2.14. The number of halogens is 2. The first-order valence-electron chi connectivity index (χ1n) is 15.7. The van der Waals surface area contributed by atoms with Crippen molar-refractivity contribution in [2.45, 2.75) is 32.6 Å². The van der Waals surface area contributed by atoms with E-state index >= 15 is 4.39 Å². The molecule has 3 rings (SSSR count). The Labute approximate surface area is 230 Å². The van der Waals surface area contributed by atoms with Crippen LogP contribution in [0, 0.1) is 5.82 Å².